The fourth-order valence-electron chi connectivity index (χ4n) is 18.7. The molecule has 828 valence electrons. The van der Waals surface area contributed by atoms with Crippen LogP contribution in [0.4, 0.5) is 0 Å². The van der Waals surface area contributed by atoms with E-state index in [-0.39, 0.29) is 0 Å². The quantitative estimate of drug-likeness (QED) is 0.0277. The molecule has 4 amide bonds. The Kier molecular flexibility index (Phi) is 41.8. The molecule has 12 saturated heterocycles. The van der Waals surface area contributed by atoms with Gasteiger partial charge in [0, 0.05) is 27.7 Å². The van der Waals surface area contributed by atoms with Gasteiger partial charge in [0.25, 0.3) is 0 Å². The van der Waals surface area contributed by atoms with Crippen molar-refractivity contribution in [1.82, 2.24) is 21.3 Å². The molecular weight excluding hydrogens is 1960 g/mol. The van der Waals surface area contributed by atoms with Crippen molar-refractivity contribution in [2.45, 2.75) is 410 Å². The van der Waals surface area contributed by atoms with E-state index in [1.54, 1.807) is 0 Å². The highest BCUT2D eigenvalue weighted by Gasteiger charge is 2.64. The van der Waals surface area contributed by atoms with Crippen molar-refractivity contribution in [3.05, 3.63) is 0 Å². The zero-order valence-electron chi connectivity index (χ0n) is 77.0. The van der Waals surface area contributed by atoms with Crippen molar-refractivity contribution in [3.8, 4) is 0 Å². The van der Waals surface area contributed by atoms with Crippen LogP contribution in [0, 0.1) is 0 Å². The van der Waals surface area contributed by atoms with Crippen LogP contribution < -0.4 is 21.3 Å². The summed E-state index contributed by atoms with van der Waals surface area (Å²) < 4.78 is 138. The number of amides is 4. The number of hydrogen-bond acceptors (Lipinski definition) is 59. The molecule has 63 heteroatoms. The number of carbonyl (C=O) groups is 4. The molecule has 0 aromatic carbocycles. The fraction of sp³-hybridized carbons (Fsp3) is 0.950. The van der Waals surface area contributed by atoms with E-state index in [0.29, 0.717) is 0 Å². The topological polar surface area (TPSA) is 976 Å². The molecule has 60 atom stereocenters. The number of ether oxygens (including phenoxy) is 23. The average molecular weight is 2100 g/mol. The number of aliphatic hydroxyl groups is 32. The molecule has 36 N–H and O–H groups in total. The third kappa shape index (κ3) is 25.8. The maximum Gasteiger partial charge on any atom is 0.217 e. The number of aliphatic hydroxyl groups excluding tert-OH is 32. The van der Waals surface area contributed by atoms with Gasteiger partial charge in [0.1, 0.15) is 281 Å². The van der Waals surface area contributed by atoms with Gasteiger partial charge in [-0.2, -0.15) is 0 Å². The minimum Gasteiger partial charge on any atom is -0.394 e. The van der Waals surface area contributed by atoms with E-state index in [2.05, 4.69) is 21.3 Å². The third-order valence-corrected chi connectivity index (χ3v) is 26.6. The molecule has 0 radical (unpaired) electrons. The number of nitrogens with one attached hydrogen (secondary N) is 4. The standard InChI is InChI=1S/C80H134N4O59/c1-17-37(97)50(110)55(115)73(123-17)122-16-32-62(47(107)33(69(120)125-32)81-19(3)93)135-71-35(83-21(5)95)48(108)60(29(13-91)132-71)136-77-59(119)64(45(105)31(134-77)15-121-74-58(118)63(43(103)27(11-89)127-74)138-79-67(54(114)42(102)26(10-88)130-79)142-76-57(117)52(112)40(100)24(8-86)128-76)139-78-66(53(113)41(101)25(9-87)129-78)141-72-36(84-22(6)96)49(109)61(30(14-92)133-72)137-80-68(143-75-56(116)51(111)38(98)18(2)124-75)65(44(104)28(12-90)131-80)140-70-34(82-20(4)94)46(106)39(99)23(7-85)126-70/h17-18,23-80,85-92,97-120H,7-16H2,1-6H3,(H,81,93)(H,82,94)(H,83,95)(H,84,96)/t17-,18-,23+,24+,25+,26+,27+,28+,29+,30+,31+,32+,33+,34+,35+,36+,37+,38+,39-,40+,41+,42+,43+,44-,45+,46+,47+,48+,49+,50+,51+,52-,53-,54+,55-,56-,57-,58-,59-,60+,61+,62+,63-,64-,65-,66-,67-,68+,69+,70+,71-,72-,73+,74-,75-,76+,77-,78+,79+,80-/m0/s1. The van der Waals surface area contributed by atoms with E-state index in [1.165, 1.54) is 13.8 Å². The predicted octanol–water partition coefficient (Wildman–Crippen LogP) is -24.5. The minimum absolute atomic E-state index is 0.861. The van der Waals surface area contributed by atoms with Crippen LogP contribution in [0.1, 0.15) is 41.5 Å². The highest BCUT2D eigenvalue weighted by atomic mass is 16.8. The molecule has 12 aliphatic rings. The summed E-state index contributed by atoms with van der Waals surface area (Å²) in [5, 5.41) is 371. The van der Waals surface area contributed by atoms with Crippen molar-refractivity contribution >= 4 is 23.6 Å². The Morgan fingerprint density at radius 2 is 0.441 bits per heavy atom. The number of rotatable bonds is 36. The first-order valence-corrected chi connectivity index (χ1v) is 45.9. The normalized spacial score (nSPS) is 50.7. The molecule has 63 nitrogen and oxygen atoms in total. The summed E-state index contributed by atoms with van der Waals surface area (Å²) in [5.74, 6) is -3.87. The van der Waals surface area contributed by atoms with Gasteiger partial charge in [-0.15, -0.1) is 0 Å². The summed E-state index contributed by atoms with van der Waals surface area (Å²) in [6.07, 6.45) is -120. The Morgan fingerprint density at radius 3 is 0.881 bits per heavy atom. The maximum absolute atomic E-state index is 13.5. The Morgan fingerprint density at radius 1 is 0.196 bits per heavy atom. The zero-order chi connectivity index (χ0) is 105. The summed E-state index contributed by atoms with van der Waals surface area (Å²) in [7, 11) is 0. The first-order chi connectivity index (χ1) is 67.6. The predicted molar refractivity (Wildman–Crippen MR) is 439 cm³/mol. The lowest BCUT2D eigenvalue weighted by Crippen LogP contribution is -2.71. The van der Waals surface area contributed by atoms with Gasteiger partial charge in [-0.05, 0) is 13.8 Å². The van der Waals surface area contributed by atoms with E-state index in [1.807, 2.05) is 0 Å². The first kappa shape index (κ1) is 117. The van der Waals surface area contributed by atoms with E-state index in [9.17, 15) is 183 Å². The second kappa shape index (κ2) is 51.0. The summed E-state index contributed by atoms with van der Waals surface area (Å²) >= 11 is 0. The van der Waals surface area contributed by atoms with Crippen LogP contribution in [0.2, 0.25) is 0 Å². The molecule has 0 aliphatic carbocycles. The van der Waals surface area contributed by atoms with E-state index in [4.69, 9.17) is 109 Å². The van der Waals surface area contributed by atoms with Gasteiger partial charge in [-0.1, -0.05) is 0 Å². The Balaban J connectivity index is 0.871. The van der Waals surface area contributed by atoms with Gasteiger partial charge >= 0.3 is 0 Å². The lowest BCUT2D eigenvalue weighted by Gasteiger charge is -2.52. The van der Waals surface area contributed by atoms with Crippen molar-refractivity contribution in [1.29, 1.82) is 0 Å². The van der Waals surface area contributed by atoms with Gasteiger partial charge in [0.2, 0.25) is 23.6 Å². The van der Waals surface area contributed by atoms with Crippen LogP contribution in [-0.2, 0) is 128 Å². The molecule has 12 heterocycles. The average Bonchev–Trinajstić information content (AvgIpc) is 0.739. The molecule has 12 rings (SSSR count). The summed E-state index contributed by atoms with van der Waals surface area (Å²) in [4.78, 5) is 52.1. The molecule has 0 bridgehead atoms. The molecular formula is C80H134N4O59. The van der Waals surface area contributed by atoms with Crippen LogP contribution >= 0.6 is 0 Å². The van der Waals surface area contributed by atoms with Gasteiger partial charge in [0.15, 0.2) is 75.5 Å². The third-order valence-electron chi connectivity index (χ3n) is 26.6. The largest absolute Gasteiger partial charge is 0.394 e. The van der Waals surface area contributed by atoms with Crippen molar-refractivity contribution in [2.24, 2.45) is 0 Å². The van der Waals surface area contributed by atoms with Crippen LogP contribution in [0.15, 0.2) is 0 Å². The Hall–Kier alpha value is -4.32. The molecule has 0 spiro atoms. The monoisotopic (exact) mass is 2090 g/mol. The molecule has 0 aromatic rings. The summed E-state index contributed by atoms with van der Waals surface area (Å²) in [5.41, 5.74) is 0. The van der Waals surface area contributed by atoms with Crippen LogP contribution in [-0.4, -0.2) is 621 Å². The molecule has 0 saturated carbocycles. The first-order valence-electron chi connectivity index (χ1n) is 45.9. The van der Waals surface area contributed by atoms with Crippen molar-refractivity contribution < 1.29 is 292 Å². The van der Waals surface area contributed by atoms with Crippen LogP contribution in [0.3, 0.4) is 0 Å². The van der Waals surface area contributed by atoms with Crippen molar-refractivity contribution in [2.75, 3.05) is 66.1 Å². The number of carbonyl (C=O) groups excluding carboxylic acids is 4. The number of hydrogen-bond donors (Lipinski definition) is 36. The second-order valence-corrected chi connectivity index (χ2v) is 36.6. The summed E-state index contributed by atoms with van der Waals surface area (Å²) in [6, 6.07) is -7.87. The van der Waals surface area contributed by atoms with Crippen molar-refractivity contribution in [3.63, 3.8) is 0 Å². The highest BCUT2D eigenvalue weighted by Crippen LogP contribution is 2.43. The fourth-order valence-corrected chi connectivity index (χ4v) is 18.7. The second-order valence-electron chi connectivity index (χ2n) is 36.6. The summed E-state index contributed by atoms with van der Waals surface area (Å²) in [6.45, 7) is -5.49. The molecule has 143 heavy (non-hydrogen) atoms. The van der Waals surface area contributed by atoms with Gasteiger partial charge < -0.3 is 294 Å². The Labute approximate surface area is 809 Å². The molecule has 12 fully saturated rings. The van der Waals surface area contributed by atoms with Gasteiger partial charge in [0.05, 0.1) is 78.3 Å². The van der Waals surface area contributed by atoms with E-state index < -0.39 is 458 Å². The zero-order valence-corrected chi connectivity index (χ0v) is 77.0. The minimum atomic E-state index is -2.71. The Bertz CT molecular complexity index is 3960. The van der Waals surface area contributed by atoms with Crippen LogP contribution in [0.5, 0.6) is 0 Å². The molecule has 0 aromatic heterocycles. The maximum atomic E-state index is 13.5. The smallest absolute Gasteiger partial charge is 0.217 e. The van der Waals surface area contributed by atoms with E-state index in [0.717, 1.165) is 27.7 Å². The lowest BCUT2D eigenvalue weighted by molar-refractivity contribution is -0.406. The van der Waals surface area contributed by atoms with Crippen LogP contribution in [0.25, 0.3) is 0 Å². The molecule has 0 unspecified atom stereocenters. The van der Waals surface area contributed by atoms with Gasteiger partial charge in [-0.3, -0.25) is 19.2 Å². The lowest BCUT2D eigenvalue weighted by atomic mass is 9.93. The molecule has 12 aliphatic heterocycles. The van der Waals surface area contributed by atoms with E-state index >= 15 is 0 Å². The van der Waals surface area contributed by atoms with Gasteiger partial charge in [-0.25, -0.2) is 0 Å². The SMILES string of the molecule is CC(=O)N[C@@H]1[C@@H](O)[C@H](O[C@@H]2O[C@H](CO)[C@@H](O[C@@H]3O[C@H](CO[C@H]4O[C@H](CO)[C@@H](O)[C@H](O[C@H]5O[C@H](CO)[C@@H](O)[C@@H](O)[C@@H]5O[C@H]5O[C@H](CO)[C@@H](O)[C@H](O)[C@@H]5O)[C@@H]4O)[C@@H](O)[C@H](O[C@H]4O[C@H](CO)[C@@H](O)[C@H](O)[C@@H]4O[C@@H]4O[C@H](CO)[C@@H](O[C@@H]5O[C@H](CO)[C@H](O)[C@H](O[C@H]6O[C@H](CO)[C@H](O)[C@H](O)[C@H]6NC(C)=O)[C@H]5O[C@@H]5O[C@@H](C)[C@@H](O)[C@@H](O)[C@@H]5O)[C@H](O)[C@H]4NC(C)=O)[C@@H]3O)[C@H](O)[C@H]2NC(C)=O)[C@@H](CO[C@@H]2O[C@@H](C)[C@@H](O)[C@@H](O)[C@@H]2O)O[C@H]1O. The highest BCUT2D eigenvalue weighted by molar-refractivity contribution is 5.74.